The van der Waals surface area contributed by atoms with Gasteiger partial charge in [-0.25, -0.2) is 0 Å². The lowest BCUT2D eigenvalue weighted by Gasteiger charge is -2.11. The van der Waals surface area contributed by atoms with E-state index in [1.54, 1.807) is 26.3 Å². The van der Waals surface area contributed by atoms with Crippen molar-refractivity contribution in [3.05, 3.63) is 0 Å². The summed E-state index contributed by atoms with van der Waals surface area (Å²) in [6.07, 6.45) is 0.473. The average Bonchev–Trinajstić information content (AvgIpc) is 1.99. The standard InChI is InChI=1S/C6H14N2O2/c1-7-6(9)4-5-8(2)10-3/h4-5H2,1-3H3,(H,7,9). The first kappa shape index (κ1) is 9.39. The van der Waals surface area contributed by atoms with Gasteiger partial charge in [0.1, 0.15) is 0 Å². The fourth-order valence-electron chi connectivity index (χ4n) is 0.475. The summed E-state index contributed by atoms with van der Waals surface area (Å²) in [7, 11) is 4.97. The van der Waals surface area contributed by atoms with E-state index in [4.69, 9.17) is 4.84 Å². The third-order valence-corrected chi connectivity index (χ3v) is 1.24. The number of carbonyl (C=O) groups is 1. The Morgan fingerprint density at radius 1 is 1.70 bits per heavy atom. The molecule has 0 saturated heterocycles. The minimum absolute atomic E-state index is 0.0314. The average molecular weight is 146 g/mol. The maximum atomic E-state index is 10.6. The molecule has 0 saturated carbocycles. The van der Waals surface area contributed by atoms with Crippen molar-refractivity contribution in [1.29, 1.82) is 0 Å². The van der Waals surface area contributed by atoms with Gasteiger partial charge in [-0.3, -0.25) is 4.79 Å². The molecular weight excluding hydrogens is 132 g/mol. The van der Waals surface area contributed by atoms with Crippen molar-refractivity contribution in [3.8, 4) is 0 Å². The summed E-state index contributed by atoms with van der Waals surface area (Å²) in [5.74, 6) is 0.0314. The third kappa shape index (κ3) is 4.29. The van der Waals surface area contributed by atoms with E-state index in [9.17, 15) is 4.79 Å². The third-order valence-electron chi connectivity index (χ3n) is 1.24. The van der Waals surface area contributed by atoms with Crippen LogP contribution in [0.1, 0.15) is 6.42 Å². The highest BCUT2D eigenvalue weighted by molar-refractivity contribution is 5.75. The smallest absolute Gasteiger partial charge is 0.221 e. The van der Waals surface area contributed by atoms with E-state index in [-0.39, 0.29) is 5.91 Å². The Labute approximate surface area is 61.1 Å². The molecule has 60 valence electrons. The molecule has 0 radical (unpaired) electrons. The molecule has 0 aliphatic carbocycles. The van der Waals surface area contributed by atoms with Crippen molar-refractivity contribution in [2.24, 2.45) is 0 Å². The molecule has 0 aliphatic rings. The van der Waals surface area contributed by atoms with Crippen molar-refractivity contribution in [2.75, 3.05) is 27.7 Å². The van der Waals surface area contributed by atoms with Gasteiger partial charge in [-0.15, -0.1) is 0 Å². The van der Waals surface area contributed by atoms with Crippen molar-refractivity contribution in [3.63, 3.8) is 0 Å². The van der Waals surface area contributed by atoms with Crippen molar-refractivity contribution < 1.29 is 9.63 Å². The normalized spacial score (nSPS) is 10.0. The van der Waals surface area contributed by atoms with Gasteiger partial charge in [0.25, 0.3) is 0 Å². The Morgan fingerprint density at radius 2 is 2.30 bits per heavy atom. The molecule has 4 heteroatoms. The Balaban J connectivity index is 3.26. The number of nitrogens with zero attached hydrogens (tertiary/aromatic N) is 1. The van der Waals surface area contributed by atoms with E-state index in [1.807, 2.05) is 0 Å². The lowest BCUT2D eigenvalue weighted by molar-refractivity contribution is -0.129. The first-order chi connectivity index (χ1) is 4.70. The second-order valence-corrected chi connectivity index (χ2v) is 1.96. The van der Waals surface area contributed by atoms with Gasteiger partial charge in [0.2, 0.25) is 5.91 Å². The highest BCUT2D eigenvalue weighted by Crippen LogP contribution is 1.85. The molecule has 0 aliphatic heterocycles. The van der Waals surface area contributed by atoms with E-state index in [1.165, 1.54) is 0 Å². The van der Waals surface area contributed by atoms with Crippen LogP contribution in [0, 0.1) is 0 Å². The topological polar surface area (TPSA) is 41.6 Å². The van der Waals surface area contributed by atoms with Crippen LogP contribution >= 0.6 is 0 Å². The molecule has 0 aromatic rings. The number of carbonyl (C=O) groups excluding carboxylic acids is 1. The van der Waals surface area contributed by atoms with Crippen LogP contribution < -0.4 is 5.32 Å². The number of hydroxylamine groups is 2. The van der Waals surface area contributed by atoms with Gasteiger partial charge < -0.3 is 10.2 Å². The van der Waals surface area contributed by atoms with Crippen LogP contribution in [0.15, 0.2) is 0 Å². The Kier molecular flexibility index (Phi) is 4.88. The number of nitrogens with one attached hydrogen (secondary N) is 1. The van der Waals surface area contributed by atoms with E-state index < -0.39 is 0 Å². The minimum atomic E-state index is 0.0314. The van der Waals surface area contributed by atoms with Crippen molar-refractivity contribution in [2.45, 2.75) is 6.42 Å². The van der Waals surface area contributed by atoms with Crippen LogP contribution in [0.3, 0.4) is 0 Å². The summed E-state index contributed by atoms with van der Waals surface area (Å²) in [6, 6.07) is 0. The van der Waals surface area contributed by atoms with Gasteiger partial charge in [-0.05, 0) is 0 Å². The molecule has 0 rings (SSSR count). The van der Waals surface area contributed by atoms with Crippen LogP contribution in [0.4, 0.5) is 0 Å². The van der Waals surface area contributed by atoms with Gasteiger partial charge in [0, 0.05) is 27.1 Å². The predicted molar refractivity (Wildman–Crippen MR) is 38.3 cm³/mol. The van der Waals surface area contributed by atoms with E-state index in [2.05, 4.69) is 5.32 Å². The van der Waals surface area contributed by atoms with E-state index in [0.29, 0.717) is 13.0 Å². The Bertz CT molecular complexity index is 106. The molecular formula is C6H14N2O2. The van der Waals surface area contributed by atoms with Crippen LogP contribution in [-0.2, 0) is 9.63 Å². The molecule has 0 aromatic carbocycles. The summed E-state index contributed by atoms with van der Waals surface area (Å²) >= 11 is 0. The molecule has 0 unspecified atom stereocenters. The highest BCUT2D eigenvalue weighted by atomic mass is 16.7. The van der Waals surface area contributed by atoms with Gasteiger partial charge in [0.15, 0.2) is 0 Å². The second-order valence-electron chi connectivity index (χ2n) is 1.96. The van der Waals surface area contributed by atoms with Gasteiger partial charge in [-0.1, -0.05) is 0 Å². The molecule has 10 heavy (non-hydrogen) atoms. The fraction of sp³-hybridized carbons (Fsp3) is 0.833. The first-order valence-corrected chi connectivity index (χ1v) is 3.16. The highest BCUT2D eigenvalue weighted by Gasteiger charge is 1.99. The summed E-state index contributed by atoms with van der Waals surface area (Å²) in [6.45, 7) is 0.621. The molecule has 0 aromatic heterocycles. The first-order valence-electron chi connectivity index (χ1n) is 3.16. The Hall–Kier alpha value is -0.610. The quantitative estimate of drug-likeness (QED) is 0.549. The molecule has 0 bridgehead atoms. The summed E-state index contributed by atoms with van der Waals surface area (Å²) in [4.78, 5) is 15.4. The zero-order valence-corrected chi connectivity index (χ0v) is 6.68. The van der Waals surface area contributed by atoms with Crippen LogP contribution in [0.5, 0.6) is 0 Å². The van der Waals surface area contributed by atoms with Gasteiger partial charge in [0.05, 0.1) is 7.11 Å². The molecule has 4 nitrogen and oxygen atoms in total. The molecule has 1 amide bonds. The molecule has 0 spiro atoms. The number of hydrogen-bond donors (Lipinski definition) is 1. The monoisotopic (exact) mass is 146 g/mol. The molecule has 1 N–H and O–H groups in total. The second kappa shape index (κ2) is 5.20. The van der Waals surface area contributed by atoms with E-state index >= 15 is 0 Å². The molecule has 0 heterocycles. The maximum Gasteiger partial charge on any atom is 0.221 e. The number of amides is 1. The van der Waals surface area contributed by atoms with Crippen LogP contribution in [-0.4, -0.2) is 38.7 Å². The lowest BCUT2D eigenvalue weighted by Crippen LogP contribution is -2.25. The van der Waals surface area contributed by atoms with Gasteiger partial charge >= 0.3 is 0 Å². The summed E-state index contributed by atoms with van der Waals surface area (Å²) in [5, 5.41) is 4.13. The van der Waals surface area contributed by atoms with Crippen LogP contribution in [0.2, 0.25) is 0 Å². The fourth-order valence-corrected chi connectivity index (χ4v) is 0.475. The molecule has 0 atom stereocenters. The minimum Gasteiger partial charge on any atom is -0.359 e. The van der Waals surface area contributed by atoms with E-state index in [0.717, 1.165) is 0 Å². The summed E-state index contributed by atoms with van der Waals surface area (Å²) in [5.41, 5.74) is 0. The number of hydrogen-bond acceptors (Lipinski definition) is 3. The number of rotatable bonds is 4. The SMILES string of the molecule is CNC(=O)CCN(C)OC. The van der Waals surface area contributed by atoms with Crippen molar-refractivity contribution in [1.82, 2.24) is 10.4 Å². The van der Waals surface area contributed by atoms with Gasteiger partial charge in [-0.2, -0.15) is 5.06 Å². The zero-order valence-electron chi connectivity index (χ0n) is 6.68. The largest absolute Gasteiger partial charge is 0.359 e. The summed E-state index contributed by atoms with van der Waals surface area (Å²) < 4.78 is 0. The lowest BCUT2D eigenvalue weighted by atomic mass is 10.4. The van der Waals surface area contributed by atoms with Crippen molar-refractivity contribution >= 4 is 5.91 Å². The molecule has 0 fully saturated rings. The maximum absolute atomic E-state index is 10.6. The Morgan fingerprint density at radius 3 is 2.70 bits per heavy atom. The van der Waals surface area contributed by atoms with Crippen LogP contribution in [0.25, 0.3) is 0 Å². The zero-order chi connectivity index (χ0) is 7.98. The predicted octanol–water partition coefficient (Wildman–Crippen LogP) is -0.384.